The minimum absolute atomic E-state index is 0.166. The molecule has 0 spiro atoms. The molecule has 4 aromatic rings. The number of anilines is 2. The van der Waals surface area contributed by atoms with E-state index in [1.807, 2.05) is 77.6 Å². The molecule has 0 radical (unpaired) electrons. The molecule has 2 heterocycles. The minimum Gasteiger partial charge on any atom is -0.497 e. The van der Waals surface area contributed by atoms with E-state index >= 15 is 0 Å². The molecule has 0 aliphatic carbocycles. The lowest BCUT2D eigenvalue weighted by Crippen LogP contribution is -2.12. The van der Waals surface area contributed by atoms with Crippen LogP contribution >= 0.6 is 0 Å². The second kappa shape index (κ2) is 9.63. The van der Waals surface area contributed by atoms with Crippen LogP contribution in [-0.4, -0.2) is 29.1 Å². The lowest BCUT2D eigenvalue weighted by molar-refractivity contribution is 0.102. The van der Waals surface area contributed by atoms with Crippen LogP contribution in [0.1, 0.15) is 15.9 Å². The smallest absolute Gasteiger partial charge is 0.255 e. The lowest BCUT2D eigenvalue weighted by Gasteiger charge is -2.09. The lowest BCUT2D eigenvalue weighted by atomic mass is 10.1. The van der Waals surface area contributed by atoms with Gasteiger partial charge in [-0.05, 0) is 72.6 Å². The van der Waals surface area contributed by atoms with E-state index in [2.05, 4.69) is 27.8 Å². The zero-order chi connectivity index (χ0) is 21.5. The Hall–Kier alpha value is -4.06. The molecule has 2 aromatic heterocycles. The summed E-state index contributed by atoms with van der Waals surface area (Å²) in [4.78, 5) is 16.9. The van der Waals surface area contributed by atoms with E-state index in [9.17, 15) is 4.79 Å². The molecule has 2 N–H and O–H groups in total. The number of amides is 1. The highest BCUT2D eigenvalue weighted by atomic mass is 16.5. The maximum Gasteiger partial charge on any atom is 0.255 e. The van der Waals surface area contributed by atoms with Gasteiger partial charge in [0, 0.05) is 30.2 Å². The first-order chi connectivity index (χ1) is 15.2. The summed E-state index contributed by atoms with van der Waals surface area (Å²) in [6.45, 7) is 0.763. The first kappa shape index (κ1) is 20.2. The largest absolute Gasteiger partial charge is 0.497 e. The van der Waals surface area contributed by atoms with E-state index in [4.69, 9.17) is 4.74 Å². The number of nitrogens with one attached hydrogen (secondary N) is 2. The molecule has 0 aliphatic heterocycles. The summed E-state index contributed by atoms with van der Waals surface area (Å²) in [5, 5.41) is 6.18. The third-order valence-electron chi connectivity index (χ3n) is 4.93. The van der Waals surface area contributed by atoms with E-state index in [0.717, 1.165) is 30.2 Å². The number of methoxy groups -OCH3 is 1. The maximum atomic E-state index is 12.5. The van der Waals surface area contributed by atoms with Crippen LogP contribution in [0.15, 0.2) is 91.4 Å². The van der Waals surface area contributed by atoms with Gasteiger partial charge in [-0.15, -0.1) is 0 Å². The summed E-state index contributed by atoms with van der Waals surface area (Å²) in [5.74, 6) is 1.46. The van der Waals surface area contributed by atoms with Crippen molar-refractivity contribution < 1.29 is 9.53 Å². The Morgan fingerprint density at radius 1 is 0.968 bits per heavy atom. The molecule has 1 amide bonds. The Morgan fingerprint density at radius 3 is 2.35 bits per heavy atom. The van der Waals surface area contributed by atoms with Gasteiger partial charge in [0.15, 0.2) is 0 Å². The highest BCUT2D eigenvalue weighted by Crippen LogP contribution is 2.15. The number of nitrogens with zero attached hydrogens (tertiary/aromatic N) is 2. The molecule has 0 atom stereocenters. The molecule has 6 heteroatoms. The molecule has 0 unspecified atom stereocenters. The Balaban J connectivity index is 1.28. The number of hydrogen-bond donors (Lipinski definition) is 2. The normalized spacial score (nSPS) is 10.5. The number of pyridine rings is 1. The van der Waals surface area contributed by atoms with Crippen LogP contribution in [0.5, 0.6) is 5.75 Å². The van der Waals surface area contributed by atoms with Gasteiger partial charge in [0.2, 0.25) is 0 Å². The van der Waals surface area contributed by atoms with Crippen molar-refractivity contribution in [3.63, 3.8) is 0 Å². The van der Waals surface area contributed by atoms with Crippen molar-refractivity contribution in [2.75, 3.05) is 24.3 Å². The first-order valence-electron chi connectivity index (χ1n) is 10.1. The van der Waals surface area contributed by atoms with Crippen LogP contribution in [0.25, 0.3) is 5.69 Å². The molecule has 0 bridgehead atoms. The van der Waals surface area contributed by atoms with E-state index in [-0.39, 0.29) is 5.91 Å². The molecule has 0 fully saturated rings. The van der Waals surface area contributed by atoms with Crippen LogP contribution in [0.3, 0.4) is 0 Å². The van der Waals surface area contributed by atoms with Crippen LogP contribution < -0.4 is 15.4 Å². The number of aromatic nitrogens is 2. The standard InChI is InChI=1S/C25H24N4O2/c1-31-23-11-4-19(5-12-23)14-15-26-24-13-8-21(18-27-24)28-25(30)20-6-9-22(10-7-20)29-16-2-3-17-29/h2-13,16-18H,14-15H2,1H3,(H,26,27)(H,28,30). The summed E-state index contributed by atoms with van der Waals surface area (Å²) in [5.41, 5.74) is 3.48. The molecular weight excluding hydrogens is 388 g/mol. The average Bonchev–Trinajstić information content (AvgIpc) is 3.36. The molecular formula is C25H24N4O2. The second-order valence-electron chi connectivity index (χ2n) is 7.05. The predicted molar refractivity (Wildman–Crippen MR) is 123 cm³/mol. The summed E-state index contributed by atoms with van der Waals surface area (Å²) < 4.78 is 7.17. The van der Waals surface area contributed by atoms with E-state index < -0.39 is 0 Å². The summed E-state index contributed by atoms with van der Waals surface area (Å²) in [6, 6.07) is 23.1. The summed E-state index contributed by atoms with van der Waals surface area (Å²) in [7, 11) is 1.66. The summed E-state index contributed by atoms with van der Waals surface area (Å²) >= 11 is 0. The summed E-state index contributed by atoms with van der Waals surface area (Å²) in [6.07, 6.45) is 6.46. The predicted octanol–water partition coefficient (Wildman–Crippen LogP) is 4.79. The van der Waals surface area contributed by atoms with E-state index in [1.165, 1.54) is 5.56 Å². The zero-order valence-electron chi connectivity index (χ0n) is 17.3. The van der Waals surface area contributed by atoms with Gasteiger partial charge in [-0.1, -0.05) is 12.1 Å². The SMILES string of the molecule is COc1ccc(CCNc2ccc(NC(=O)c3ccc(-n4cccc4)cc3)cn2)cc1. The molecule has 6 nitrogen and oxygen atoms in total. The van der Waals surface area contributed by atoms with E-state index in [0.29, 0.717) is 11.3 Å². The van der Waals surface area contributed by atoms with Crippen molar-refractivity contribution >= 4 is 17.4 Å². The number of carbonyl (C=O) groups is 1. The van der Waals surface area contributed by atoms with Crippen molar-refractivity contribution in [1.82, 2.24) is 9.55 Å². The van der Waals surface area contributed by atoms with Gasteiger partial charge in [-0.25, -0.2) is 4.98 Å². The Labute approximate surface area is 181 Å². The van der Waals surface area contributed by atoms with Crippen LogP contribution in [-0.2, 0) is 6.42 Å². The third-order valence-corrected chi connectivity index (χ3v) is 4.93. The van der Waals surface area contributed by atoms with Gasteiger partial charge in [0.1, 0.15) is 11.6 Å². The fraction of sp³-hybridized carbons (Fsp3) is 0.120. The van der Waals surface area contributed by atoms with Gasteiger partial charge in [0.05, 0.1) is 19.0 Å². The van der Waals surface area contributed by atoms with Gasteiger partial charge in [-0.3, -0.25) is 4.79 Å². The van der Waals surface area contributed by atoms with Crippen molar-refractivity contribution in [3.8, 4) is 11.4 Å². The van der Waals surface area contributed by atoms with Gasteiger partial charge >= 0.3 is 0 Å². The Bertz CT molecular complexity index is 1100. The third kappa shape index (κ3) is 5.30. The molecule has 0 aliphatic rings. The molecule has 31 heavy (non-hydrogen) atoms. The van der Waals surface area contributed by atoms with Crippen molar-refractivity contribution in [1.29, 1.82) is 0 Å². The number of ether oxygens (including phenoxy) is 1. The monoisotopic (exact) mass is 412 g/mol. The molecule has 0 saturated heterocycles. The molecule has 156 valence electrons. The molecule has 4 rings (SSSR count). The fourth-order valence-corrected chi connectivity index (χ4v) is 3.19. The number of hydrogen-bond acceptors (Lipinski definition) is 4. The highest BCUT2D eigenvalue weighted by molar-refractivity contribution is 6.04. The fourth-order valence-electron chi connectivity index (χ4n) is 3.19. The average molecular weight is 412 g/mol. The molecule has 2 aromatic carbocycles. The molecule has 0 saturated carbocycles. The van der Waals surface area contributed by atoms with Gasteiger partial charge in [0.25, 0.3) is 5.91 Å². The van der Waals surface area contributed by atoms with Crippen molar-refractivity contribution in [2.45, 2.75) is 6.42 Å². The topological polar surface area (TPSA) is 68.2 Å². The Morgan fingerprint density at radius 2 is 1.71 bits per heavy atom. The van der Waals surface area contributed by atoms with Gasteiger partial charge < -0.3 is 19.9 Å². The zero-order valence-corrected chi connectivity index (χ0v) is 17.3. The Kier molecular flexibility index (Phi) is 6.28. The van der Waals surface area contributed by atoms with Crippen LogP contribution in [0.4, 0.5) is 11.5 Å². The van der Waals surface area contributed by atoms with Crippen molar-refractivity contribution in [2.24, 2.45) is 0 Å². The second-order valence-corrected chi connectivity index (χ2v) is 7.05. The number of carbonyl (C=O) groups excluding carboxylic acids is 1. The highest BCUT2D eigenvalue weighted by Gasteiger charge is 2.07. The van der Waals surface area contributed by atoms with E-state index in [1.54, 1.807) is 13.3 Å². The quantitative estimate of drug-likeness (QED) is 0.437. The number of rotatable bonds is 8. The minimum atomic E-state index is -0.166. The van der Waals surface area contributed by atoms with Crippen LogP contribution in [0, 0.1) is 0 Å². The number of benzene rings is 2. The first-order valence-corrected chi connectivity index (χ1v) is 10.1. The van der Waals surface area contributed by atoms with Crippen LogP contribution in [0.2, 0.25) is 0 Å². The maximum absolute atomic E-state index is 12.5. The van der Waals surface area contributed by atoms with Crippen molar-refractivity contribution in [3.05, 3.63) is 103 Å². The van der Waals surface area contributed by atoms with Gasteiger partial charge in [-0.2, -0.15) is 0 Å².